The summed E-state index contributed by atoms with van der Waals surface area (Å²) in [4.78, 5) is 5.41. The van der Waals surface area contributed by atoms with Gasteiger partial charge in [0.05, 0.1) is 22.3 Å². The molecule has 0 amide bonds. The normalized spacial score (nSPS) is 13.3. The average Bonchev–Trinajstić information content (AvgIpc) is 3.74. The van der Waals surface area contributed by atoms with Gasteiger partial charge in [-0.15, -0.1) is 0 Å². The van der Waals surface area contributed by atoms with Crippen molar-refractivity contribution in [2.75, 3.05) is 0 Å². The largest absolute Gasteiger partial charge is 0.455 e. The molecule has 53 heavy (non-hydrogen) atoms. The lowest BCUT2D eigenvalue weighted by Crippen LogP contribution is -2.10. The molecule has 2 aromatic heterocycles. The van der Waals surface area contributed by atoms with Crippen LogP contribution in [-0.2, 0) is 6.37 Å². The van der Waals surface area contributed by atoms with E-state index in [-0.39, 0.29) is 11.8 Å². The van der Waals surface area contributed by atoms with Gasteiger partial charge in [-0.2, -0.15) is 0 Å². The third-order valence-electron chi connectivity index (χ3n) is 10.5. The maximum Gasteiger partial charge on any atom is 0.149 e. The van der Waals surface area contributed by atoms with Gasteiger partial charge in [0, 0.05) is 13.5 Å². The Kier molecular flexibility index (Phi) is 7.28. The molecule has 3 heteroatoms. The lowest BCUT2D eigenvalue weighted by Gasteiger charge is -2.24. The summed E-state index contributed by atoms with van der Waals surface area (Å²) >= 11 is 0. The van der Waals surface area contributed by atoms with Crippen LogP contribution < -0.4 is 0 Å². The molecule has 9 aromatic rings. The number of furan rings is 1. The van der Waals surface area contributed by atoms with Gasteiger partial charge < -0.3 is 4.42 Å². The summed E-state index contributed by atoms with van der Waals surface area (Å²) in [6.45, 7) is 15.0. The minimum absolute atomic E-state index is 0.222. The molecule has 262 valence electrons. The van der Waals surface area contributed by atoms with Crippen LogP contribution >= 0.6 is 0 Å². The summed E-state index contributed by atoms with van der Waals surface area (Å²) in [5, 5.41) is 6.24. The minimum Gasteiger partial charge on any atom is -0.455 e. The van der Waals surface area contributed by atoms with Crippen LogP contribution in [0.1, 0.15) is 79.7 Å². The Hall–Kier alpha value is -5.67. The van der Waals surface area contributed by atoms with Gasteiger partial charge in [-0.1, -0.05) is 133 Å². The highest BCUT2D eigenvalue weighted by molar-refractivity contribution is 6.18. The van der Waals surface area contributed by atoms with Crippen LogP contribution in [0, 0.1) is 5.41 Å². The highest BCUT2D eigenvalue weighted by Crippen LogP contribution is 2.45. The number of benzene rings is 7. The second-order valence-corrected chi connectivity index (χ2v) is 16.1. The van der Waals surface area contributed by atoms with Gasteiger partial charge in [-0.25, -0.2) is 4.98 Å². The molecular formula is C50H46N2O. The molecule has 3 nitrogen and oxygen atoms in total. The zero-order chi connectivity index (χ0) is 38.4. The van der Waals surface area contributed by atoms with Crippen LogP contribution in [0.25, 0.3) is 82.7 Å². The van der Waals surface area contributed by atoms with Crippen LogP contribution in [-0.4, -0.2) is 9.55 Å². The number of para-hydroxylation sites is 2. The average molecular weight is 693 g/mol. The van der Waals surface area contributed by atoms with Crippen LogP contribution in [0.3, 0.4) is 0 Å². The Balaban J connectivity index is 1.41. The van der Waals surface area contributed by atoms with Gasteiger partial charge in [0.25, 0.3) is 0 Å². The van der Waals surface area contributed by atoms with Crippen LogP contribution in [0.2, 0.25) is 0 Å². The van der Waals surface area contributed by atoms with Crippen molar-refractivity contribution in [1.29, 1.82) is 0 Å². The van der Waals surface area contributed by atoms with E-state index >= 15 is 0 Å². The Morgan fingerprint density at radius 3 is 2.08 bits per heavy atom. The van der Waals surface area contributed by atoms with Gasteiger partial charge in [-0.05, 0) is 115 Å². The molecule has 0 saturated carbocycles. The van der Waals surface area contributed by atoms with E-state index in [0.717, 1.165) is 60.6 Å². The molecule has 0 atom stereocenters. The molecule has 2 heterocycles. The summed E-state index contributed by atoms with van der Waals surface area (Å²) in [6.07, 6.45) is -1.66. The number of hydrogen-bond donors (Lipinski definition) is 0. The summed E-state index contributed by atoms with van der Waals surface area (Å²) < 4.78 is 28.5. The molecule has 0 unspecified atom stereocenters. The maximum atomic E-state index is 9.57. The van der Waals surface area contributed by atoms with Gasteiger partial charge >= 0.3 is 0 Å². The van der Waals surface area contributed by atoms with Gasteiger partial charge in [-0.3, -0.25) is 4.57 Å². The fourth-order valence-corrected chi connectivity index (χ4v) is 8.11. The van der Waals surface area contributed by atoms with Crippen molar-refractivity contribution < 1.29 is 7.16 Å². The third-order valence-corrected chi connectivity index (χ3v) is 10.5. The van der Waals surface area contributed by atoms with Crippen LogP contribution in [0.4, 0.5) is 0 Å². The van der Waals surface area contributed by atoms with Crippen molar-refractivity contribution >= 4 is 54.5 Å². The lowest BCUT2D eigenvalue weighted by molar-refractivity contribution is 0.412. The number of imidazole rings is 1. The summed E-state index contributed by atoms with van der Waals surface area (Å²) in [5.41, 5.74) is 10.1. The molecule has 0 N–H and O–H groups in total. The fraction of sp³-hybridized carbons (Fsp3) is 0.220. The standard InChI is InChI=1S/C50H46N2O/c1-30(2)39-26-36(32-15-9-8-10-16-32)27-40(31(3)4)47(39)52-44-20-14-13-19-43(44)51-49(52)38-24-23-35(29-50(5,6)7)46-42-25-34-22-21-33-17-11-12-18-37(33)41(34)28-45(42)53-48(38)46/h8-28,30-31H,29H2,1-7H3/i29D2. The quantitative estimate of drug-likeness (QED) is 0.162. The molecule has 0 radical (unpaired) electrons. The van der Waals surface area contributed by atoms with E-state index in [9.17, 15) is 2.74 Å². The van der Waals surface area contributed by atoms with Gasteiger partial charge in [0.2, 0.25) is 0 Å². The van der Waals surface area contributed by atoms with E-state index in [0.29, 0.717) is 11.1 Å². The molecule has 0 fully saturated rings. The summed E-state index contributed by atoms with van der Waals surface area (Å²) in [5.74, 6) is 1.22. The maximum absolute atomic E-state index is 9.57. The SMILES string of the molecule is [2H]C([2H])(c1ccc(-c2nc3ccccc3n2-c2c(C(C)C)cc(-c3ccccc3)cc2C(C)C)c2oc3cc4c(ccc5ccccc54)cc3c12)C(C)(C)C. The minimum atomic E-state index is -1.66. The zero-order valence-corrected chi connectivity index (χ0v) is 31.6. The van der Waals surface area contributed by atoms with Gasteiger partial charge in [0.15, 0.2) is 0 Å². The highest BCUT2D eigenvalue weighted by atomic mass is 16.3. The first kappa shape index (κ1) is 30.9. The molecule has 0 aliphatic heterocycles. The van der Waals surface area contributed by atoms with Crippen molar-refractivity contribution in [3.8, 4) is 28.2 Å². The molecule has 9 rings (SSSR count). The van der Waals surface area contributed by atoms with Crippen molar-refractivity contribution in [3.63, 3.8) is 0 Å². The topological polar surface area (TPSA) is 31.0 Å². The first-order valence-corrected chi connectivity index (χ1v) is 18.9. The Morgan fingerprint density at radius 1 is 0.660 bits per heavy atom. The zero-order valence-electron chi connectivity index (χ0n) is 33.6. The first-order valence-electron chi connectivity index (χ1n) is 19.9. The Morgan fingerprint density at radius 2 is 1.34 bits per heavy atom. The molecule has 7 aromatic carbocycles. The fourth-order valence-electron chi connectivity index (χ4n) is 8.11. The molecule has 0 aliphatic carbocycles. The van der Waals surface area contributed by atoms with Crippen molar-refractivity contribution in [2.45, 2.75) is 66.7 Å². The number of hydrogen-bond acceptors (Lipinski definition) is 2. The van der Waals surface area contributed by atoms with Crippen molar-refractivity contribution in [2.24, 2.45) is 5.41 Å². The molecule has 0 aliphatic rings. The number of aromatic nitrogens is 2. The van der Waals surface area contributed by atoms with E-state index < -0.39 is 11.8 Å². The first-order chi connectivity index (χ1) is 26.3. The lowest BCUT2D eigenvalue weighted by atomic mass is 9.85. The second kappa shape index (κ2) is 12.5. The van der Waals surface area contributed by atoms with Crippen LogP contribution in [0.5, 0.6) is 0 Å². The number of fused-ring (bicyclic) bond motifs is 7. The Bertz CT molecular complexity index is 2910. The molecule has 0 saturated heterocycles. The highest BCUT2D eigenvalue weighted by Gasteiger charge is 2.27. The van der Waals surface area contributed by atoms with E-state index in [4.69, 9.17) is 9.40 Å². The van der Waals surface area contributed by atoms with Gasteiger partial charge in [0.1, 0.15) is 17.0 Å². The van der Waals surface area contributed by atoms with E-state index in [1.807, 2.05) is 39.0 Å². The Labute approximate surface area is 314 Å². The third kappa shape index (κ3) is 5.62. The van der Waals surface area contributed by atoms with Crippen molar-refractivity contribution in [1.82, 2.24) is 9.55 Å². The predicted octanol–water partition coefficient (Wildman–Crippen LogP) is 14.4. The van der Waals surface area contributed by atoms with Crippen LogP contribution in [0.15, 0.2) is 132 Å². The molecular weight excluding hydrogens is 645 g/mol. The predicted molar refractivity (Wildman–Crippen MR) is 226 cm³/mol. The number of rotatable bonds is 6. The van der Waals surface area contributed by atoms with E-state index in [1.165, 1.54) is 27.6 Å². The van der Waals surface area contributed by atoms with E-state index in [1.54, 1.807) is 0 Å². The molecule has 0 bridgehead atoms. The molecule has 0 spiro atoms. The monoisotopic (exact) mass is 692 g/mol. The summed E-state index contributed by atoms with van der Waals surface area (Å²) in [7, 11) is 0. The smallest absolute Gasteiger partial charge is 0.149 e. The number of nitrogens with zero attached hydrogens (tertiary/aromatic N) is 2. The second-order valence-electron chi connectivity index (χ2n) is 16.1. The summed E-state index contributed by atoms with van der Waals surface area (Å²) in [6, 6.07) is 44.8. The van der Waals surface area contributed by atoms with E-state index in [2.05, 4.69) is 141 Å². The van der Waals surface area contributed by atoms with Crippen molar-refractivity contribution in [3.05, 3.63) is 144 Å².